The zero-order valence-electron chi connectivity index (χ0n) is 5.97. The molecule has 0 radical (unpaired) electrons. The summed E-state index contributed by atoms with van der Waals surface area (Å²) >= 11 is 3.39. The van der Waals surface area contributed by atoms with Gasteiger partial charge in [0.2, 0.25) is 0 Å². The van der Waals surface area contributed by atoms with Crippen LogP contribution >= 0.6 is 15.9 Å². The fourth-order valence-corrected chi connectivity index (χ4v) is 1.71. The van der Waals surface area contributed by atoms with E-state index in [2.05, 4.69) is 31.2 Å². The molecule has 0 fully saturated rings. The lowest BCUT2D eigenvalue weighted by atomic mass is 10.1. The van der Waals surface area contributed by atoms with E-state index in [-0.39, 0.29) is 0 Å². The summed E-state index contributed by atoms with van der Waals surface area (Å²) < 4.78 is 0.926. The van der Waals surface area contributed by atoms with Gasteiger partial charge in [-0.15, -0.1) is 0 Å². The van der Waals surface area contributed by atoms with Crippen molar-refractivity contribution in [3.8, 4) is 0 Å². The molecule has 11 heavy (non-hydrogen) atoms. The van der Waals surface area contributed by atoms with E-state index in [1.807, 2.05) is 0 Å². The van der Waals surface area contributed by atoms with Gasteiger partial charge in [-0.2, -0.15) is 0 Å². The number of hydrogen-bond donors (Lipinski definition) is 1. The average Bonchev–Trinajstić information content (AvgIpc) is 2.06. The lowest BCUT2D eigenvalue weighted by Gasteiger charge is -2.16. The highest BCUT2D eigenvalue weighted by Gasteiger charge is 2.12. The van der Waals surface area contributed by atoms with E-state index in [0.29, 0.717) is 0 Å². The molecule has 58 valence electrons. The van der Waals surface area contributed by atoms with Crippen molar-refractivity contribution in [2.45, 2.75) is 12.8 Å². The zero-order chi connectivity index (χ0) is 7.68. The number of nitrogens with one attached hydrogen (secondary N) is 1. The minimum atomic E-state index is 0.926. The third kappa shape index (κ3) is 1.22. The van der Waals surface area contributed by atoms with E-state index in [0.717, 1.165) is 23.4 Å². The number of nitrogens with zero attached hydrogens (tertiary/aromatic N) is 2. The van der Waals surface area contributed by atoms with Crippen LogP contribution < -0.4 is 5.32 Å². The third-order valence-electron chi connectivity index (χ3n) is 1.79. The molecule has 1 aromatic rings. The zero-order valence-corrected chi connectivity index (χ0v) is 7.56. The number of anilines is 1. The van der Waals surface area contributed by atoms with E-state index < -0.39 is 0 Å². The van der Waals surface area contributed by atoms with Gasteiger partial charge < -0.3 is 5.32 Å². The van der Waals surface area contributed by atoms with Gasteiger partial charge in [-0.3, -0.25) is 0 Å². The number of hydrogen-bond acceptors (Lipinski definition) is 3. The van der Waals surface area contributed by atoms with Crippen LogP contribution in [0.3, 0.4) is 0 Å². The summed E-state index contributed by atoms with van der Waals surface area (Å²) in [6.07, 6.45) is 3.81. The molecule has 1 N–H and O–H groups in total. The minimum absolute atomic E-state index is 0.926. The Balaban J connectivity index is 2.49. The van der Waals surface area contributed by atoms with Crippen LogP contribution in [0, 0.1) is 0 Å². The Hall–Kier alpha value is -0.640. The van der Waals surface area contributed by atoms with Gasteiger partial charge in [0.15, 0.2) is 0 Å². The maximum Gasteiger partial charge on any atom is 0.133 e. The number of halogens is 1. The second kappa shape index (κ2) is 2.77. The van der Waals surface area contributed by atoms with E-state index in [1.54, 1.807) is 6.33 Å². The molecule has 1 aromatic heterocycles. The summed E-state index contributed by atoms with van der Waals surface area (Å²) in [5, 5.41) is 3.22. The molecule has 0 bridgehead atoms. The third-order valence-corrected chi connectivity index (χ3v) is 2.47. The highest BCUT2D eigenvalue weighted by atomic mass is 79.9. The number of rotatable bonds is 0. The molecule has 0 aliphatic carbocycles. The Kier molecular flexibility index (Phi) is 1.77. The first-order valence-corrected chi connectivity index (χ1v) is 4.40. The van der Waals surface area contributed by atoms with Crippen molar-refractivity contribution in [3.63, 3.8) is 0 Å². The molecule has 2 heterocycles. The summed E-state index contributed by atoms with van der Waals surface area (Å²) in [5.74, 6) is 0.984. The van der Waals surface area contributed by atoms with Crippen molar-refractivity contribution in [1.29, 1.82) is 0 Å². The van der Waals surface area contributed by atoms with Gasteiger partial charge in [-0.05, 0) is 28.8 Å². The highest BCUT2D eigenvalue weighted by Crippen LogP contribution is 2.24. The van der Waals surface area contributed by atoms with Gasteiger partial charge in [-0.25, -0.2) is 9.97 Å². The van der Waals surface area contributed by atoms with Gasteiger partial charge >= 0.3 is 0 Å². The first kappa shape index (κ1) is 7.03. The van der Waals surface area contributed by atoms with Crippen molar-refractivity contribution >= 4 is 21.7 Å². The smallest absolute Gasteiger partial charge is 0.133 e. The van der Waals surface area contributed by atoms with Crippen LogP contribution in [0.4, 0.5) is 5.82 Å². The Morgan fingerprint density at radius 1 is 1.45 bits per heavy atom. The molecule has 0 saturated carbocycles. The quantitative estimate of drug-likeness (QED) is 0.666. The van der Waals surface area contributed by atoms with Gasteiger partial charge in [0.25, 0.3) is 0 Å². The van der Waals surface area contributed by atoms with E-state index in [9.17, 15) is 0 Å². The second-order valence-electron chi connectivity index (χ2n) is 2.52. The fourth-order valence-electron chi connectivity index (χ4n) is 1.24. The molecule has 0 aromatic carbocycles. The Morgan fingerprint density at radius 3 is 3.18 bits per heavy atom. The Labute approximate surface area is 73.4 Å². The molecular formula is C7H8BrN3. The lowest BCUT2D eigenvalue weighted by molar-refractivity contribution is 0.802. The van der Waals surface area contributed by atoms with Crippen molar-refractivity contribution < 1.29 is 0 Å². The van der Waals surface area contributed by atoms with Crippen molar-refractivity contribution in [2.24, 2.45) is 0 Å². The Morgan fingerprint density at radius 2 is 2.36 bits per heavy atom. The van der Waals surface area contributed by atoms with Crippen LogP contribution in [-0.4, -0.2) is 16.5 Å². The summed E-state index contributed by atoms with van der Waals surface area (Å²) in [7, 11) is 0. The molecule has 0 saturated heterocycles. The summed E-state index contributed by atoms with van der Waals surface area (Å²) in [4.78, 5) is 8.19. The van der Waals surface area contributed by atoms with Crippen LogP contribution in [0.2, 0.25) is 0 Å². The second-order valence-corrected chi connectivity index (χ2v) is 3.27. The maximum atomic E-state index is 4.13. The average molecular weight is 214 g/mol. The molecule has 1 aliphatic heterocycles. The standard InChI is InChI=1S/C7H8BrN3/c8-6-5-2-1-3-9-7(5)11-4-10-6/h4H,1-3H2,(H,9,10,11). The van der Waals surface area contributed by atoms with Gasteiger partial charge in [0.1, 0.15) is 16.7 Å². The van der Waals surface area contributed by atoms with E-state index in [1.165, 1.54) is 12.0 Å². The van der Waals surface area contributed by atoms with Crippen molar-refractivity contribution in [2.75, 3.05) is 11.9 Å². The predicted octanol–water partition coefficient (Wildman–Crippen LogP) is 1.60. The molecule has 0 amide bonds. The summed E-state index contributed by atoms with van der Waals surface area (Å²) in [5.41, 5.74) is 1.21. The number of aromatic nitrogens is 2. The van der Waals surface area contributed by atoms with E-state index in [4.69, 9.17) is 0 Å². The van der Waals surface area contributed by atoms with Crippen molar-refractivity contribution in [3.05, 3.63) is 16.5 Å². The first-order valence-electron chi connectivity index (χ1n) is 3.61. The minimum Gasteiger partial charge on any atom is -0.370 e. The fraction of sp³-hybridized carbons (Fsp3) is 0.429. The van der Waals surface area contributed by atoms with Crippen LogP contribution in [-0.2, 0) is 6.42 Å². The Bertz CT molecular complexity index is 274. The van der Waals surface area contributed by atoms with Gasteiger partial charge in [-0.1, -0.05) is 0 Å². The van der Waals surface area contributed by atoms with Crippen LogP contribution in [0.25, 0.3) is 0 Å². The summed E-state index contributed by atoms with van der Waals surface area (Å²) in [6.45, 7) is 1.02. The van der Waals surface area contributed by atoms with Crippen molar-refractivity contribution in [1.82, 2.24) is 9.97 Å². The highest BCUT2D eigenvalue weighted by molar-refractivity contribution is 9.10. The normalized spacial score (nSPS) is 15.4. The first-order chi connectivity index (χ1) is 5.38. The van der Waals surface area contributed by atoms with Gasteiger partial charge in [0.05, 0.1) is 0 Å². The molecule has 1 aliphatic rings. The SMILES string of the molecule is Brc1ncnc2c1CCCN2. The monoisotopic (exact) mass is 213 g/mol. The topological polar surface area (TPSA) is 37.8 Å². The molecule has 2 rings (SSSR count). The van der Waals surface area contributed by atoms with Crippen LogP contribution in [0.15, 0.2) is 10.9 Å². The molecule has 0 spiro atoms. The van der Waals surface area contributed by atoms with Crippen LogP contribution in [0.5, 0.6) is 0 Å². The molecular weight excluding hydrogens is 206 g/mol. The lowest BCUT2D eigenvalue weighted by Crippen LogP contribution is -2.14. The molecule has 3 nitrogen and oxygen atoms in total. The predicted molar refractivity (Wildman–Crippen MR) is 46.5 cm³/mol. The number of fused-ring (bicyclic) bond motifs is 1. The largest absolute Gasteiger partial charge is 0.370 e. The summed E-state index contributed by atoms with van der Waals surface area (Å²) in [6, 6.07) is 0. The van der Waals surface area contributed by atoms with Crippen LogP contribution in [0.1, 0.15) is 12.0 Å². The van der Waals surface area contributed by atoms with Gasteiger partial charge in [0, 0.05) is 12.1 Å². The molecule has 4 heteroatoms. The van der Waals surface area contributed by atoms with E-state index >= 15 is 0 Å². The maximum absolute atomic E-state index is 4.13. The molecule has 0 unspecified atom stereocenters. The molecule has 0 atom stereocenters.